The van der Waals surface area contributed by atoms with Crippen LogP contribution in [-0.2, 0) is 9.53 Å². The lowest BCUT2D eigenvalue weighted by atomic mass is 10.0. The molecule has 1 fully saturated rings. The quantitative estimate of drug-likeness (QED) is 0.422. The second-order valence-electron chi connectivity index (χ2n) is 4.86. The normalized spacial score (nSPS) is 27.8. The summed E-state index contributed by atoms with van der Waals surface area (Å²) in [5.41, 5.74) is 2.18. The third-order valence-corrected chi connectivity index (χ3v) is 3.50. The van der Waals surface area contributed by atoms with Gasteiger partial charge in [-0.25, -0.2) is 5.84 Å². The summed E-state index contributed by atoms with van der Waals surface area (Å²) in [6.07, 6.45) is 2.69. The second kappa shape index (κ2) is 6.93. The highest BCUT2D eigenvalue weighted by Crippen LogP contribution is 2.19. The van der Waals surface area contributed by atoms with Crippen LogP contribution in [0.1, 0.15) is 40.0 Å². The molecule has 0 aromatic rings. The Balaban J connectivity index is 2.46. The van der Waals surface area contributed by atoms with E-state index in [1.165, 1.54) is 0 Å². The average Bonchev–Trinajstić information content (AvgIpc) is 2.35. The first-order chi connectivity index (χ1) is 8.08. The van der Waals surface area contributed by atoms with Crippen LogP contribution in [0.25, 0.3) is 0 Å². The third-order valence-electron chi connectivity index (χ3n) is 3.50. The number of rotatable bonds is 5. The molecule has 0 aromatic carbocycles. The third kappa shape index (κ3) is 4.26. The molecule has 3 N–H and O–H groups in total. The minimum absolute atomic E-state index is 0.0915. The van der Waals surface area contributed by atoms with Crippen LogP contribution in [-0.4, -0.2) is 42.1 Å². The molecule has 0 aromatic heterocycles. The molecule has 1 rings (SSSR count). The number of hydrogen-bond donors (Lipinski definition) is 2. The van der Waals surface area contributed by atoms with Crippen molar-refractivity contribution in [1.29, 1.82) is 0 Å². The first-order valence-corrected chi connectivity index (χ1v) is 6.45. The summed E-state index contributed by atoms with van der Waals surface area (Å²) in [4.78, 5) is 13.6. The summed E-state index contributed by atoms with van der Waals surface area (Å²) in [5.74, 6) is 4.99. The minimum Gasteiger partial charge on any atom is -0.376 e. The molecule has 0 aliphatic carbocycles. The van der Waals surface area contributed by atoms with E-state index in [-0.39, 0.29) is 12.0 Å². The highest BCUT2D eigenvalue weighted by atomic mass is 16.5. The van der Waals surface area contributed by atoms with Gasteiger partial charge in [-0.1, -0.05) is 6.92 Å². The SMILES string of the molecule is CCC1COC(C)CN1C(C)CCC(=O)NN. The molecule has 17 heavy (non-hydrogen) atoms. The minimum atomic E-state index is -0.0915. The zero-order valence-corrected chi connectivity index (χ0v) is 11.1. The number of morpholine rings is 1. The van der Waals surface area contributed by atoms with Gasteiger partial charge in [-0.05, 0) is 26.7 Å². The van der Waals surface area contributed by atoms with Gasteiger partial charge in [-0.3, -0.25) is 15.1 Å². The van der Waals surface area contributed by atoms with Crippen molar-refractivity contribution in [2.45, 2.75) is 58.2 Å². The lowest BCUT2D eigenvalue weighted by Crippen LogP contribution is -2.52. The van der Waals surface area contributed by atoms with Crippen molar-refractivity contribution in [3.63, 3.8) is 0 Å². The molecule has 0 bridgehead atoms. The van der Waals surface area contributed by atoms with Crippen LogP contribution in [0.4, 0.5) is 0 Å². The summed E-state index contributed by atoms with van der Waals surface area (Å²) in [7, 11) is 0. The van der Waals surface area contributed by atoms with Crippen molar-refractivity contribution in [2.75, 3.05) is 13.2 Å². The topological polar surface area (TPSA) is 67.6 Å². The molecule has 1 aliphatic rings. The van der Waals surface area contributed by atoms with Crippen LogP contribution in [0.15, 0.2) is 0 Å². The Hall–Kier alpha value is -0.650. The zero-order chi connectivity index (χ0) is 12.8. The van der Waals surface area contributed by atoms with E-state index < -0.39 is 0 Å². The van der Waals surface area contributed by atoms with Crippen LogP contribution in [0, 0.1) is 0 Å². The lowest BCUT2D eigenvalue weighted by Gasteiger charge is -2.42. The van der Waals surface area contributed by atoms with Crippen molar-refractivity contribution < 1.29 is 9.53 Å². The van der Waals surface area contributed by atoms with Gasteiger partial charge in [0, 0.05) is 25.0 Å². The largest absolute Gasteiger partial charge is 0.376 e. The number of hydrazine groups is 1. The van der Waals surface area contributed by atoms with E-state index in [0.29, 0.717) is 18.5 Å². The van der Waals surface area contributed by atoms with Crippen LogP contribution in [0.2, 0.25) is 0 Å². The van der Waals surface area contributed by atoms with Crippen molar-refractivity contribution in [1.82, 2.24) is 10.3 Å². The fraction of sp³-hybridized carbons (Fsp3) is 0.917. The standard InChI is InChI=1S/C12H25N3O2/c1-4-11-8-17-10(3)7-15(11)9(2)5-6-12(16)14-13/h9-11H,4-8,13H2,1-3H3,(H,14,16). The van der Waals surface area contributed by atoms with E-state index in [1.807, 2.05) is 0 Å². The van der Waals surface area contributed by atoms with Gasteiger partial charge in [-0.2, -0.15) is 0 Å². The molecular weight excluding hydrogens is 218 g/mol. The lowest BCUT2D eigenvalue weighted by molar-refractivity contribution is -0.121. The van der Waals surface area contributed by atoms with E-state index in [0.717, 1.165) is 26.0 Å². The van der Waals surface area contributed by atoms with Crippen molar-refractivity contribution >= 4 is 5.91 Å². The molecular formula is C12H25N3O2. The van der Waals surface area contributed by atoms with Crippen molar-refractivity contribution in [2.24, 2.45) is 5.84 Å². The van der Waals surface area contributed by atoms with Crippen molar-refractivity contribution in [3.05, 3.63) is 0 Å². The molecule has 1 aliphatic heterocycles. The fourth-order valence-electron chi connectivity index (χ4n) is 2.34. The smallest absolute Gasteiger partial charge is 0.233 e. The maximum Gasteiger partial charge on any atom is 0.233 e. The van der Waals surface area contributed by atoms with E-state index in [1.54, 1.807) is 0 Å². The number of carbonyl (C=O) groups is 1. The maximum atomic E-state index is 11.1. The summed E-state index contributed by atoms with van der Waals surface area (Å²) in [5, 5.41) is 0. The van der Waals surface area contributed by atoms with Gasteiger partial charge in [-0.15, -0.1) is 0 Å². The van der Waals surface area contributed by atoms with Crippen LogP contribution in [0.3, 0.4) is 0 Å². The zero-order valence-electron chi connectivity index (χ0n) is 11.1. The highest BCUT2D eigenvalue weighted by Gasteiger charge is 2.28. The number of nitrogens with one attached hydrogen (secondary N) is 1. The molecule has 3 atom stereocenters. The van der Waals surface area contributed by atoms with Gasteiger partial charge in [0.05, 0.1) is 12.7 Å². The van der Waals surface area contributed by atoms with Gasteiger partial charge < -0.3 is 4.74 Å². The number of ether oxygens (including phenoxy) is 1. The van der Waals surface area contributed by atoms with Gasteiger partial charge in [0.15, 0.2) is 0 Å². The first-order valence-electron chi connectivity index (χ1n) is 6.45. The Labute approximate surface area is 104 Å². The molecule has 1 saturated heterocycles. The van der Waals surface area contributed by atoms with Gasteiger partial charge in [0.1, 0.15) is 0 Å². The van der Waals surface area contributed by atoms with E-state index >= 15 is 0 Å². The summed E-state index contributed by atoms with van der Waals surface area (Å²) >= 11 is 0. The Bertz CT molecular complexity index is 248. The van der Waals surface area contributed by atoms with E-state index in [2.05, 4.69) is 31.1 Å². The molecule has 1 heterocycles. The van der Waals surface area contributed by atoms with Crippen LogP contribution >= 0.6 is 0 Å². The molecule has 0 radical (unpaired) electrons. The highest BCUT2D eigenvalue weighted by molar-refractivity contribution is 5.75. The Morgan fingerprint density at radius 3 is 2.94 bits per heavy atom. The molecule has 5 heteroatoms. The number of nitrogens with two attached hydrogens (primary N) is 1. The van der Waals surface area contributed by atoms with Crippen molar-refractivity contribution in [3.8, 4) is 0 Å². The Morgan fingerprint density at radius 1 is 1.65 bits per heavy atom. The summed E-state index contributed by atoms with van der Waals surface area (Å²) in [6.45, 7) is 8.19. The number of amides is 1. The van der Waals surface area contributed by atoms with Gasteiger partial charge in [0.2, 0.25) is 5.91 Å². The average molecular weight is 243 g/mol. The fourth-order valence-corrected chi connectivity index (χ4v) is 2.34. The van der Waals surface area contributed by atoms with E-state index in [9.17, 15) is 4.79 Å². The number of hydrogen-bond acceptors (Lipinski definition) is 4. The predicted molar refractivity (Wildman–Crippen MR) is 67.2 cm³/mol. The molecule has 3 unspecified atom stereocenters. The monoisotopic (exact) mass is 243 g/mol. The summed E-state index contributed by atoms with van der Waals surface area (Å²) in [6, 6.07) is 0.866. The first kappa shape index (κ1) is 14.4. The van der Waals surface area contributed by atoms with Crippen LogP contribution in [0.5, 0.6) is 0 Å². The predicted octanol–water partition coefficient (Wildman–Crippen LogP) is 0.644. The van der Waals surface area contributed by atoms with E-state index in [4.69, 9.17) is 10.6 Å². The van der Waals surface area contributed by atoms with Gasteiger partial charge in [0.25, 0.3) is 0 Å². The molecule has 5 nitrogen and oxygen atoms in total. The molecule has 0 saturated carbocycles. The molecule has 0 spiro atoms. The van der Waals surface area contributed by atoms with Gasteiger partial charge >= 0.3 is 0 Å². The number of nitrogens with zero attached hydrogens (tertiary/aromatic N) is 1. The Morgan fingerprint density at radius 2 is 2.35 bits per heavy atom. The number of carbonyl (C=O) groups excluding carboxylic acids is 1. The molecule has 1 amide bonds. The van der Waals surface area contributed by atoms with Crippen LogP contribution < -0.4 is 11.3 Å². The second-order valence-corrected chi connectivity index (χ2v) is 4.86. The summed E-state index contributed by atoms with van der Waals surface area (Å²) < 4.78 is 5.67. The molecule has 100 valence electrons. The Kier molecular flexibility index (Phi) is 5.88. The maximum absolute atomic E-state index is 11.1.